The molecule has 14 heavy (non-hydrogen) atoms. The highest BCUT2D eigenvalue weighted by atomic mass is 16.5. The molecule has 0 fully saturated rings. The molecule has 1 aromatic rings. The van der Waals surface area contributed by atoms with E-state index in [1.165, 1.54) is 0 Å². The van der Waals surface area contributed by atoms with Gasteiger partial charge in [-0.05, 0) is 17.7 Å². The summed E-state index contributed by atoms with van der Waals surface area (Å²) in [6.07, 6.45) is -0.949. The van der Waals surface area contributed by atoms with Gasteiger partial charge < -0.3 is 9.84 Å². The lowest BCUT2D eigenvalue weighted by atomic mass is 10.0. The Morgan fingerprint density at radius 1 is 1.64 bits per heavy atom. The summed E-state index contributed by atoms with van der Waals surface area (Å²) in [6.45, 7) is 3.45. The lowest BCUT2D eigenvalue weighted by Crippen LogP contribution is -1.99. The predicted molar refractivity (Wildman–Crippen MR) is 52.7 cm³/mol. The van der Waals surface area contributed by atoms with E-state index in [0.717, 1.165) is 0 Å². The molecule has 0 aliphatic carbocycles. The maximum absolute atomic E-state index is 9.63. The van der Waals surface area contributed by atoms with E-state index in [-0.39, 0.29) is 5.57 Å². The Morgan fingerprint density at radius 2 is 2.36 bits per heavy atom. The van der Waals surface area contributed by atoms with Crippen LogP contribution in [0, 0.1) is 11.3 Å². The van der Waals surface area contributed by atoms with Crippen LogP contribution in [0.4, 0.5) is 0 Å². The third-order valence-corrected chi connectivity index (χ3v) is 1.88. The van der Waals surface area contributed by atoms with Gasteiger partial charge >= 0.3 is 0 Å². The number of aliphatic hydroxyl groups excluding tert-OH is 1. The maximum atomic E-state index is 9.63. The van der Waals surface area contributed by atoms with Crippen LogP contribution in [-0.2, 0) is 0 Å². The molecule has 0 saturated carbocycles. The first-order chi connectivity index (χ1) is 6.69. The molecule has 0 radical (unpaired) electrons. The van der Waals surface area contributed by atoms with Crippen molar-refractivity contribution < 1.29 is 9.84 Å². The summed E-state index contributed by atoms with van der Waals surface area (Å²) in [4.78, 5) is 0. The topological polar surface area (TPSA) is 53.2 Å². The van der Waals surface area contributed by atoms with E-state index in [0.29, 0.717) is 11.3 Å². The quantitative estimate of drug-likeness (QED) is 0.738. The predicted octanol–water partition coefficient (Wildman–Crippen LogP) is 1.81. The van der Waals surface area contributed by atoms with E-state index in [1.807, 2.05) is 6.07 Å². The molecule has 3 heteroatoms. The van der Waals surface area contributed by atoms with Gasteiger partial charge in [0.25, 0.3) is 0 Å². The zero-order valence-corrected chi connectivity index (χ0v) is 7.90. The van der Waals surface area contributed by atoms with Crippen LogP contribution in [0.1, 0.15) is 11.7 Å². The first-order valence-electron chi connectivity index (χ1n) is 4.10. The van der Waals surface area contributed by atoms with E-state index in [1.54, 1.807) is 31.4 Å². The van der Waals surface area contributed by atoms with Gasteiger partial charge in [-0.25, -0.2) is 0 Å². The molecule has 72 valence electrons. The standard InChI is InChI=1S/C11H11NO2/c1-8(7-12)11(13)9-4-3-5-10(6-9)14-2/h3-6,11,13H,1H2,2H3. The highest BCUT2D eigenvalue weighted by Crippen LogP contribution is 2.23. The Hall–Kier alpha value is -1.79. The second-order valence-corrected chi connectivity index (χ2v) is 2.82. The minimum atomic E-state index is -0.949. The number of hydrogen-bond donors (Lipinski definition) is 1. The monoisotopic (exact) mass is 189 g/mol. The molecule has 0 saturated heterocycles. The van der Waals surface area contributed by atoms with Gasteiger partial charge in [0.1, 0.15) is 11.9 Å². The van der Waals surface area contributed by atoms with Crippen molar-refractivity contribution in [3.8, 4) is 11.8 Å². The summed E-state index contributed by atoms with van der Waals surface area (Å²) in [5, 5.41) is 18.2. The van der Waals surface area contributed by atoms with Crippen molar-refractivity contribution in [1.82, 2.24) is 0 Å². The highest BCUT2D eigenvalue weighted by molar-refractivity contribution is 5.36. The van der Waals surface area contributed by atoms with Gasteiger partial charge in [-0.3, -0.25) is 0 Å². The SMILES string of the molecule is C=C(C#N)C(O)c1cccc(OC)c1. The molecule has 0 aromatic heterocycles. The van der Waals surface area contributed by atoms with E-state index in [4.69, 9.17) is 10.00 Å². The average molecular weight is 189 g/mol. The van der Waals surface area contributed by atoms with Gasteiger partial charge in [0.15, 0.2) is 0 Å². The van der Waals surface area contributed by atoms with Crippen LogP contribution >= 0.6 is 0 Å². The molecule has 0 aliphatic heterocycles. The molecule has 1 N–H and O–H groups in total. The molecule has 0 heterocycles. The highest BCUT2D eigenvalue weighted by Gasteiger charge is 2.11. The molecule has 1 atom stereocenters. The third kappa shape index (κ3) is 2.12. The minimum Gasteiger partial charge on any atom is -0.497 e. The van der Waals surface area contributed by atoms with Gasteiger partial charge in [0.05, 0.1) is 18.8 Å². The molecular formula is C11H11NO2. The fraction of sp³-hybridized carbons (Fsp3) is 0.182. The van der Waals surface area contributed by atoms with Crippen molar-refractivity contribution in [1.29, 1.82) is 5.26 Å². The number of nitriles is 1. The summed E-state index contributed by atoms with van der Waals surface area (Å²) >= 11 is 0. The number of methoxy groups -OCH3 is 1. The van der Waals surface area contributed by atoms with E-state index < -0.39 is 6.10 Å². The molecule has 0 bridgehead atoms. The van der Waals surface area contributed by atoms with Crippen LogP contribution in [0.25, 0.3) is 0 Å². The first-order valence-corrected chi connectivity index (χ1v) is 4.10. The molecule has 0 spiro atoms. The molecular weight excluding hydrogens is 178 g/mol. The smallest absolute Gasteiger partial charge is 0.119 e. The average Bonchev–Trinajstić information content (AvgIpc) is 2.27. The number of benzene rings is 1. The van der Waals surface area contributed by atoms with Crippen LogP contribution in [0.2, 0.25) is 0 Å². The molecule has 0 amide bonds. The van der Waals surface area contributed by atoms with Crippen LogP contribution < -0.4 is 4.74 Å². The van der Waals surface area contributed by atoms with Gasteiger partial charge in [0, 0.05) is 0 Å². The Kier molecular flexibility index (Phi) is 3.27. The summed E-state index contributed by atoms with van der Waals surface area (Å²) < 4.78 is 4.99. The van der Waals surface area contributed by atoms with Crippen molar-refractivity contribution in [2.24, 2.45) is 0 Å². The number of ether oxygens (including phenoxy) is 1. The first kappa shape index (κ1) is 10.3. The van der Waals surface area contributed by atoms with Crippen molar-refractivity contribution in [3.63, 3.8) is 0 Å². The summed E-state index contributed by atoms with van der Waals surface area (Å²) in [7, 11) is 1.55. The van der Waals surface area contributed by atoms with Gasteiger partial charge in [-0.2, -0.15) is 5.26 Å². The molecule has 1 aromatic carbocycles. The second kappa shape index (κ2) is 4.45. The van der Waals surface area contributed by atoms with E-state index in [9.17, 15) is 5.11 Å². The second-order valence-electron chi connectivity index (χ2n) is 2.82. The van der Waals surface area contributed by atoms with Crippen LogP contribution in [0.3, 0.4) is 0 Å². The van der Waals surface area contributed by atoms with Crippen molar-refractivity contribution in [2.75, 3.05) is 7.11 Å². The van der Waals surface area contributed by atoms with Crippen LogP contribution in [0.5, 0.6) is 5.75 Å². The largest absolute Gasteiger partial charge is 0.497 e. The van der Waals surface area contributed by atoms with Crippen molar-refractivity contribution >= 4 is 0 Å². The van der Waals surface area contributed by atoms with E-state index >= 15 is 0 Å². The summed E-state index contributed by atoms with van der Waals surface area (Å²) in [6, 6.07) is 8.73. The lowest BCUT2D eigenvalue weighted by Gasteiger charge is -2.09. The Morgan fingerprint density at radius 3 is 2.93 bits per heavy atom. The molecule has 1 unspecified atom stereocenters. The third-order valence-electron chi connectivity index (χ3n) is 1.88. The van der Waals surface area contributed by atoms with Gasteiger partial charge in [-0.1, -0.05) is 18.7 Å². The summed E-state index contributed by atoms with van der Waals surface area (Å²) in [5.74, 6) is 0.646. The maximum Gasteiger partial charge on any atom is 0.119 e. The zero-order chi connectivity index (χ0) is 10.6. The minimum absolute atomic E-state index is 0.123. The van der Waals surface area contributed by atoms with Crippen LogP contribution in [0.15, 0.2) is 36.4 Å². The number of aliphatic hydroxyl groups is 1. The summed E-state index contributed by atoms with van der Waals surface area (Å²) in [5.41, 5.74) is 0.731. The van der Waals surface area contributed by atoms with Gasteiger partial charge in [-0.15, -0.1) is 0 Å². The Bertz CT molecular complexity index is 379. The van der Waals surface area contributed by atoms with Crippen molar-refractivity contribution in [2.45, 2.75) is 6.10 Å². The molecule has 1 rings (SSSR count). The normalized spacial score (nSPS) is 11.5. The molecule has 0 aliphatic rings. The number of rotatable bonds is 3. The lowest BCUT2D eigenvalue weighted by molar-refractivity contribution is 0.220. The number of hydrogen-bond acceptors (Lipinski definition) is 3. The molecule has 3 nitrogen and oxygen atoms in total. The Labute approximate surface area is 82.9 Å². The van der Waals surface area contributed by atoms with Crippen LogP contribution in [-0.4, -0.2) is 12.2 Å². The van der Waals surface area contributed by atoms with E-state index in [2.05, 4.69) is 6.58 Å². The fourth-order valence-corrected chi connectivity index (χ4v) is 1.07. The fourth-order valence-electron chi connectivity index (χ4n) is 1.07. The number of nitrogens with zero attached hydrogens (tertiary/aromatic N) is 1. The Balaban J connectivity index is 2.96. The zero-order valence-electron chi connectivity index (χ0n) is 7.90. The van der Waals surface area contributed by atoms with Crippen molar-refractivity contribution in [3.05, 3.63) is 42.0 Å². The van der Waals surface area contributed by atoms with Gasteiger partial charge in [0.2, 0.25) is 0 Å².